The van der Waals surface area contributed by atoms with Gasteiger partial charge in [0.15, 0.2) is 0 Å². The van der Waals surface area contributed by atoms with Gasteiger partial charge in [-0.2, -0.15) is 11.8 Å². The molecular formula is C10H21NO2S. The molecule has 14 heavy (non-hydrogen) atoms. The fraction of sp³-hybridized carbons (Fsp3) is 0.900. The summed E-state index contributed by atoms with van der Waals surface area (Å²) >= 11 is 1.87. The van der Waals surface area contributed by atoms with E-state index in [1.54, 1.807) is 0 Å². The highest BCUT2D eigenvalue weighted by Crippen LogP contribution is 2.16. The fourth-order valence-corrected chi connectivity index (χ4v) is 2.01. The van der Waals surface area contributed by atoms with Crippen LogP contribution in [0.5, 0.6) is 0 Å². The Kier molecular flexibility index (Phi) is 7.01. The number of thioether (sulfide) groups is 1. The zero-order chi connectivity index (χ0) is 11.0. The Morgan fingerprint density at radius 3 is 2.50 bits per heavy atom. The van der Waals surface area contributed by atoms with Crippen LogP contribution in [0.4, 0.5) is 0 Å². The third-order valence-corrected chi connectivity index (χ3v) is 3.59. The van der Waals surface area contributed by atoms with E-state index < -0.39 is 11.5 Å². The molecule has 0 aliphatic rings. The van der Waals surface area contributed by atoms with Crippen LogP contribution in [-0.4, -0.2) is 28.1 Å². The first-order valence-corrected chi connectivity index (χ1v) is 6.32. The molecule has 0 spiro atoms. The number of carboxylic acids is 1. The minimum absolute atomic E-state index is 0.501. The number of hydrogen-bond acceptors (Lipinski definition) is 3. The van der Waals surface area contributed by atoms with Gasteiger partial charge in [-0.3, -0.25) is 4.79 Å². The zero-order valence-corrected chi connectivity index (χ0v) is 9.90. The molecule has 0 bridgehead atoms. The molecule has 0 saturated carbocycles. The molecule has 0 aliphatic carbocycles. The van der Waals surface area contributed by atoms with Gasteiger partial charge in [0.05, 0.1) is 0 Å². The third kappa shape index (κ3) is 4.86. The largest absolute Gasteiger partial charge is 0.480 e. The number of nitrogens with two attached hydrogens (primary N) is 1. The Morgan fingerprint density at radius 1 is 1.43 bits per heavy atom. The molecule has 1 unspecified atom stereocenters. The van der Waals surface area contributed by atoms with Crippen molar-refractivity contribution in [3.63, 3.8) is 0 Å². The topological polar surface area (TPSA) is 63.3 Å². The average Bonchev–Trinajstić information content (AvgIpc) is 2.17. The summed E-state index contributed by atoms with van der Waals surface area (Å²) in [4.78, 5) is 10.8. The Bertz CT molecular complexity index is 176. The van der Waals surface area contributed by atoms with Gasteiger partial charge in [-0.1, -0.05) is 13.8 Å². The highest BCUT2D eigenvalue weighted by Gasteiger charge is 2.30. The Hall–Kier alpha value is -0.220. The van der Waals surface area contributed by atoms with Crippen LogP contribution in [0.2, 0.25) is 0 Å². The summed E-state index contributed by atoms with van der Waals surface area (Å²) in [6.45, 7) is 3.97. The first-order chi connectivity index (χ1) is 6.56. The van der Waals surface area contributed by atoms with Crippen molar-refractivity contribution < 1.29 is 9.90 Å². The van der Waals surface area contributed by atoms with Crippen molar-refractivity contribution in [1.82, 2.24) is 0 Å². The molecule has 0 rings (SSSR count). The van der Waals surface area contributed by atoms with E-state index in [0.29, 0.717) is 12.8 Å². The predicted molar refractivity (Wildman–Crippen MR) is 61.7 cm³/mol. The second-order valence-electron chi connectivity index (χ2n) is 3.53. The van der Waals surface area contributed by atoms with Gasteiger partial charge in [-0.25, -0.2) is 0 Å². The van der Waals surface area contributed by atoms with Crippen LogP contribution in [0.1, 0.15) is 39.5 Å². The van der Waals surface area contributed by atoms with Gasteiger partial charge in [0, 0.05) is 0 Å². The summed E-state index contributed by atoms with van der Waals surface area (Å²) in [7, 11) is 0. The normalized spacial score (nSPS) is 15.1. The molecule has 3 N–H and O–H groups in total. The second-order valence-corrected chi connectivity index (χ2v) is 4.76. The Balaban J connectivity index is 3.68. The molecule has 1 atom stereocenters. The molecule has 0 heterocycles. The molecule has 0 radical (unpaired) electrons. The minimum atomic E-state index is -1.01. The molecule has 0 aliphatic heterocycles. The van der Waals surface area contributed by atoms with Crippen LogP contribution < -0.4 is 5.73 Å². The molecule has 84 valence electrons. The maximum absolute atomic E-state index is 10.8. The van der Waals surface area contributed by atoms with Crippen molar-refractivity contribution in [1.29, 1.82) is 0 Å². The second kappa shape index (κ2) is 7.12. The van der Waals surface area contributed by atoms with Gasteiger partial charge in [0.2, 0.25) is 0 Å². The number of carboxylic acid groups (broad SMARTS) is 1. The van der Waals surface area contributed by atoms with Crippen molar-refractivity contribution in [3.05, 3.63) is 0 Å². The van der Waals surface area contributed by atoms with Crippen LogP contribution >= 0.6 is 11.8 Å². The smallest absolute Gasteiger partial charge is 0.323 e. The molecule has 0 saturated heterocycles. The summed E-state index contributed by atoms with van der Waals surface area (Å²) in [5.41, 5.74) is 4.74. The third-order valence-electron chi connectivity index (χ3n) is 2.32. The van der Waals surface area contributed by atoms with Crippen molar-refractivity contribution in [3.8, 4) is 0 Å². The lowest BCUT2D eigenvalue weighted by Crippen LogP contribution is -2.47. The van der Waals surface area contributed by atoms with E-state index in [9.17, 15) is 4.79 Å². The van der Waals surface area contributed by atoms with Crippen LogP contribution in [-0.2, 0) is 4.79 Å². The van der Waals surface area contributed by atoms with Gasteiger partial charge in [0.1, 0.15) is 5.54 Å². The lowest BCUT2D eigenvalue weighted by Gasteiger charge is -2.22. The average molecular weight is 219 g/mol. The quantitative estimate of drug-likeness (QED) is 0.614. The molecule has 4 heteroatoms. The highest BCUT2D eigenvalue weighted by atomic mass is 32.2. The number of aliphatic carboxylic acids is 1. The van der Waals surface area contributed by atoms with Gasteiger partial charge >= 0.3 is 5.97 Å². The summed E-state index contributed by atoms with van der Waals surface area (Å²) in [5, 5.41) is 8.90. The van der Waals surface area contributed by atoms with Crippen LogP contribution in [0.25, 0.3) is 0 Å². The van der Waals surface area contributed by atoms with Gasteiger partial charge in [-0.05, 0) is 37.2 Å². The van der Waals surface area contributed by atoms with Gasteiger partial charge < -0.3 is 10.8 Å². The molecule has 0 amide bonds. The summed E-state index contributed by atoms with van der Waals surface area (Å²) in [6, 6.07) is 0. The molecule has 3 nitrogen and oxygen atoms in total. The Morgan fingerprint density at radius 2 is 2.07 bits per heavy atom. The maximum atomic E-state index is 10.8. The van der Waals surface area contributed by atoms with Crippen LogP contribution in [0.15, 0.2) is 0 Å². The minimum Gasteiger partial charge on any atom is -0.480 e. The summed E-state index contributed by atoms with van der Waals surface area (Å²) < 4.78 is 0. The number of carbonyl (C=O) groups is 1. The molecule has 0 aromatic rings. The fourth-order valence-electron chi connectivity index (χ4n) is 1.17. The van der Waals surface area contributed by atoms with Crippen LogP contribution in [0.3, 0.4) is 0 Å². The predicted octanol–water partition coefficient (Wildman–Crippen LogP) is 2.10. The molecular weight excluding hydrogens is 198 g/mol. The standard InChI is InChI=1S/C10H21NO2S/c1-3-7-14-8-5-6-10(11,4-2)9(12)13/h3-8,11H2,1-2H3,(H,12,13). The van der Waals surface area contributed by atoms with Gasteiger partial charge in [0.25, 0.3) is 0 Å². The van der Waals surface area contributed by atoms with E-state index in [0.717, 1.165) is 17.9 Å². The monoisotopic (exact) mass is 219 g/mol. The molecule has 0 aromatic carbocycles. The van der Waals surface area contributed by atoms with E-state index in [4.69, 9.17) is 10.8 Å². The van der Waals surface area contributed by atoms with Crippen molar-refractivity contribution in [2.24, 2.45) is 5.73 Å². The summed E-state index contributed by atoms with van der Waals surface area (Å²) in [6.07, 6.45) is 3.14. The lowest BCUT2D eigenvalue weighted by molar-refractivity contribution is -0.143. The first kappa shape index (κ1) is 13.8. The molecule has 0 fully saturated rings. The van der Waals surface area contributed by atoms with Crippen molar-refractivity contribution in [2.75, 3.05) is 11.5 Å². The maximum Gasteiger partial charge on any atom is 0.323 e. The summed E-state index contributed by atoms with van der Waals surface area (Å²) in [5.74, 6) is 1.29. The first-order valence-electron chi connectivity index (χ1n) is 5.17. The van der Waals surface area contributed by atoms with E-state index >= 15 is 0 Å². The number of hydrogen-bond donors (Lipinski definition) is 2. The van der Waals surface area contributed by atoms with Crippen LogP contribution in [0, 0.1) is 0 Å². The van der Waals surface area contributed by atoms with Crippen molar-refractivity contribution >= 4 is 17.7 Å². The van der Waals surface area contributed by atoms with E-state index in [1.165, 1.54) is 6.42 Å². The van der Waals surface area contributed by atoms with E-state index in [2.05, 4.69) is 6.92 Å². The highest BCUT2D eigenvalue weighted by molar-refractivity contribution is 7.99. The zero-order valence-electron chi connectivity index (χ0n) is 9.08. The van der Waals surface area contributed by atoms with Crippen molar-refractivity contribution in [2.45, 2.75) is 45.1 Å². The SMILES string of the molecule is CCCSCCCC(N)(CC)C(=O)O. The Labute approximate surface area is 90.4 Å². The number of rotatable bonds is 8. The lowest BCUT2D eigenvalue weighted by atomic mass is 9.92. The van der Waals surface area contributed by atoms with E-state index in [1.807, 2.05) is 18.7 Å². The molecule has 0 aromatic heterocycles. The van der Waals surface area contributed by atoms with Gasteiger partial charge in [-0.15, -0.1) is 0 Å². The van der Waals surface area contributed by atoms with E-state index in [-0.39, 0.29) is 0 Å².